The number of unbranched alkanes of at least 4 members (excludes halogenated alkanes) is 4. The molecular formula is C25H42N2O5. The molecule has 2 N–H and O–H groups in total. The molecule has 5 atom stereocenters. The third-order valence-corrected chi connectivity index (χ3v) is 6.70. The summed E-state index contributed by atoms with van der Waals surface area (Å²) in [6.07, 6.45) is 10.9. The minimum atomic E-state index is -0.585. The van der Waals surface area contributed by atoms with Crippen molar-refractivity contribution in [3.8, 4) is 0 Å². The number of allylic oxidation sites excluding steroid dienone is 1. The number of nitrogens with zero attached hydrogens (tertiary/aromatic N) is 1. The van der Waals surface area contributed by atoms with Gasteiger partial charge in [0.2, 0.25) is 11.8 Å². The van der Waals surface area contributed by atoms with Gasteiger partial charge in [-0.05, 0) is 38.5 Å². The summed E-state index contributed by atoms with van der Waals surface area (Å²) in [7, 11) is 0. The zero-order valence-corrected chi connectivity index (χ0v) is 20.1. The summed E-state index contributed by atoms with van der Waals surface area (Å²) in [4.78, 5) is 41.5. The standard InChI is InChI=1S/C25H42N2O5/c1-4-7-15-26-23(29)22-19-14-13-18(12-5-2)20(25(31)32-6-3)21(19)24(30)27(22)16-10-8-9-11-17-28/h13-14,18-22,28H,4-12,15-17H2,1-3H3,(H,26,29)/t18-,19+,20-,21-,22+/m1/s1. The highest BCUT2D eigenvalue weighted by atomic mass is 16.5. The van der Waals surface area contributed by atoms with Crippen molar-refractivity contribution in [2.75, 3.05) is 26.3 Å². The fraction of sp³-hybridized carbons (Fsp3) is 0.800. The summed E-state index contributed by atoms with van der Waals surface area (Å²) in [5.41, 5.74) is 0. The number of fused-ring (bicyclic) bond motifs is 1. The molecule has 32 heavy (non-hydrogen) atoms. The number of esters is 1. The van der Waals surface area contributed by atoms with E-state index in [4.69, 9.17) is 9.84 Å². The van der Waals surface area contributed by atoms with Crippen LogP contribution >= 0.6 is 0 Å². The summed E-state index contributed by atoms with van der Waals surface area (Å²) in [6.45, 7) is 7.44. The number of hydrogen-bond acceptors (Lipinski definition) is 5. The van der Waals surface area contributed by atoms with E-state index in [2.05, 4.69) is 19.2 Å². The number of aliphatic hydroxyl groups is 1. The molecule has 7 nitrogen and oxygen atoms in total. The molecule has 1 aliphatic heterocycles. The number of carbonyl (C=O) groups excluding carboxylic acids is 3. The van der Waals surface area contributed by atoms with Crippen molar-refractivity contribution in [2.45, 2.75) is 78.2 Å². The van der Waals surface area contributed by atoms with E-state index in [0.29, 0.717) is 13.1 Å². The summed E-state index contributed by atoms with van der Waals surface area (Å²) in [5.74, 6) is -2.00. The second-order valence-corrected chi connectivity index (χ2v) is 8.98. The Balaban J connectivity index is 2.29. The molecular weight excluding hydrogens is 408 g/mol. The molecule has 1 fully saturated rings. The molecule has 0 radical (unpaired) electrons. The monoisotopic (exact) mass is 450 g/mol. The van der Waals surface area contributed by atoms with Crippen LogP contribution in [-0.2, 0) is 19.1 Å². The Morgan fingerprint density at radius 3 is 2.47 bits per heavy atom. The van der Waals surface area contributed by atoms with Gasteiger partial charge in [-0.25, -0.2) is 0 Å². The Bertz CT molecular complexity index is 650. The smallest absolute Gasteiger partial charge is 0.310 e. The predicted molar refractivity (Wildman–Crippen MR) is 124 cm³/mol. The highest BCUT2D eigenvalue weighted by molar-refractivity contribution is 5.96. The van der Waals surface area contributed by atoms with Gasteiger partial charge in [0, 0.05) is 25.6 Å². The number of rotatable bonds is 14. The zero-order valence-electron chi connectivity index (χ0n) is 20.1. The molecule has 0 spiro atoms. The van der Waals surface area contributed by atoms with E-state index in [0.717, 1.165) is 51.4 Å². The van der Waals surface area contributed by atoms with E-state index in [9.17, 15) is 14.4 Å². The first kappa shape index (κ1) is 26.4. The molecule has 0 aromatic heterocycles. The van der Waals surface area contributed by atoms with Crippen LogP contribution in [0.3, 0.4) is 0 Å². The first-order valence-corrected chi connectivity index (χ1v) is 12.6. The Morgan fingerprint density at radius 2 is 1.81 bits per heavy atom. The highest BCUT2D eigenvalue weighted by Gasteiger charge is 2.57. The van der Waals surface area contributed by atoms with Gasteiger partial charge >= 0.3 is 5.97 Å². The number of aliphatic hydroxyl groups excluding tert-OH is 1. The predicted octanol–water partition coefficient (Wildman–Crippen LogP) is 3.06. The minimum Gasteiger partial charge on any atom is -0.466 e. The average Bonchev–Trinajstić information content (AvgIpc) is 3.05. The molecule has 0 saturated carbocycles. The fourth-order valence-corrected chi connectivity index (χ4v) is 5.15. The van der Waals surface area contributed by atoms with Gasteiger partial charge in [-0.15, -0.1) is 0 Å². The number of amides is 2. The highest BCUT2D eigenvalue weighted by Crippen LogP contribution is 2.45. The van der Waals surface area contributed by atoms with E-state index in [1.165, 1.54) is 0 Å². The normalized spacial score (nSPS) is 26.8. The van der Waals surface area contributed by atoms with Gasteiger partial charge in [-0.3, -0.25) is 14.4 Å². The Hall–Kier alpha value is -1.89. The minimum absolute atomic E-state index is 0.0439. The van der Waals surface area contributed by atoms with E-state index >= 15 is 0 Å². The lowest BCUT2D eigenvalue weighted by Crippen LogP contribution is -2.47. The van der Waals surface area contributed by atoms with Gasteiger partial charge in [0.15, 0.2) is 0 Å². The first-order chi connectivity index (χ1) is 15.5. The Kier molecular flexibility index (Phi) is 11.2. The number of carbonyl (C=O) groups is 3. The van der Waals surface area contributed by atoms with Crippen molar-refractivity contribution in [1.82, 2.24) is 10.2 Å². The van der Waals surface area contributed by atoms with Gasteiger partial charge in [0.25, 0.3) is 0 Å². The number of likely N-dealkylation sites (tertiary alicyclic amines) is 1. The molecule has 2 rings (SSSR count). The van der Waals surface area contributed by atoms with Crippen molar-refractivity contribution < 1.29 is 24.2 Å². The van der Waals surface area contributed by atoms with Crippen LogP contribution in [0.4, 0.5) is 0 Å². The summed E-state index contributed by atoms with van der Waals surface area (Å²) in [6, 6.07) is -0.585. The van der Waals surface area contributed by atoms with Crippen LogP contribution in [0.25, 0.3) is 0 Å². The Morgan fingerprint density at radius 1 is 1.06 bits per heavy atom. The summed E-state index contributed by atoms with van der Waals surface area (Å²) in [5, 5.41) is 12.0. The van der Waals surface area contributed by atoms with Crippen LogP contribution in [-0.4, -0.2) is 60.1 Å². The molecule has 0 aromatic carbocycles. The van der Waals surface area contributed by atoms with Crippen LogP contribution in [0.15, 0.2) is 12.2 Å². The molecule has 1 heterocycles. The molecule has 2 amide bonds. The zero-order chi connectivity index (χ0) is 23.5. The van der Waals surface area contributed by atoms with Gasteiger partial charge in [0.1, 0.15) is 6.04 Å². The van der Waals surface area contributed by atoms with Crippen LogP contribution in [0, 0.1) is 23.7 Å². The van der Waals surface area contributed by atoms with Crippen LogP contribution in [0.2, 0.25) is 0 Å². The van der Waals surface area contributed by atoms with E-state index < -0.39 is 17.9 Å². The van der Waals surface area contributed by atoms with Crippen LogP contribution < -0.4 is 5.32 Å². The van der Waals surface area contributed by atoms with Crippen LogP contribution in [0.1, 0.15) is 72.1 Å². The summed E-state index contributed by atoms with van der Waals surface area (Å²) >= 11 is 0. The topological polar surface area (TPSA) is 95.9 Å². The molecule has 0 aromatic rings. The van der Waals surface area contributed by atoms with Crippen molar-refractivity contribution >= 4 is 17.8 Å². The molecule has 1 saturated heterocycles. The van der Waals surface area contributed by atoms with Crippen molar-refractivity contribution in [2.24, 2.45) is 23.7 Å². The van der Waals surface area contributed by atoms with E-state index in [-0.39, 0.29) is 42.8 Å². The molecule has 182 valence electrons. The van der Waals surface area contributed by atoms with Crippen LogP contribution in [0.5, 0.6) is 0 Å². The lowest BCUT2D eigenvalue weighted by atomic mass is 9.69. The molecule has 0 bridgehead atoms. The number of hydrogen-bond donors (Lipinski definition) is 2. The second-order valence-electron chi connectivity index (χ2n) is 8.98. The molecule has 0 unspecified atom stereocenters. The second kappa shape index (κ2) is 13.6. The lowest BCUT2D eigenvalue weighted by molar-refractivity contribution is -0.155. The van der Waals surface area contributed by atoms with Crippen molar-refractivity contribution in [3.05, 3.63) is 12.2 Å². The summed E-state index contributed by atoms with van der Waals surface area (Å²) < 4.78 is 5.38. The third kappa shape index (κ3) is 6.33. The Labute approximate surface area is 192 Å². The number of nitrogens with one attached hydrogen (secondary N) is 1. The largest absolute Gasteiger partial charge is 0.466 e. The maximum atomic E-state index is 13.6. The SMILES string of the molecule is CCCCNC(=O)[C@@H]1[C@H]2C=C[C@@H](CCC)[C@@H](C(=O)OCC)[C@@H]2C(=O)N1CCCCCCO. The molecule has 2 aliphatic rings. The molecule has 1 aliphatic carbocycles. The fourth-order valence-electron chi connectivity index (χ4n) is 5.15. The van der Waals surface area contributed by atoms with Gasteiger partial charge in [-0.2, -0.15) is 0 Å². The molecule has 7 heteroatoms. The van der Waals surface area contributed by atoms with E-state index in [1.54, 1.807) is 11.8 Å². The van der Waals surface area contributed by atoms with E-state index in [1.807, 2.05) is 12.2 Å². The quantitative estimate of drug-likeness (QED) is 0.241. The lowest BCUT2D eigenvalue weighted by Gasteiger charge is -2.33. The first-order valence-electron chi connectivity index (χ1n) is 12.6. The van der Waals surface area contributed by atoms with Gasteiger partial charge in [-0.1, -0.05) is 51.7 Å². The van der Waals surface area contributed by atoms with Gasteiger partial charge < -0.3 is 20.1 Å². The average molecular weight is 451 g/mol. The third-order valence-electron chi connectivity index (χ3n) is 6.70. The maximum Gasteiger partial charge on any atom is 0.310 e. The van der Waals surface area contributed by atoms with Gasteiger partial charge in [0.05, 0.1) is 18.4 Å². The van der Waals surface area contributed by atoms with Crippen molar-refractivity contribution in [1.29, 1.82) is 0 Å². The number of ether oxygens (including phenoxy) is 1. The maximum absolute atomic E-state index is 13.6. The van der Waals surface area contributed by atoms with Crippen molar-refractivity contribution in [3.63, 3.8) is 0 Å².